The van der Waals surface area contributed by atoms with Crippen molar-refractivity contribution in [2.75, 3.05) is 18.6 Å². The first-order chi connectivity index (χ1) is 11.3. The van der Waals surface area contributed by atoms with Crippen LogP contribution < -0.4 is 5.73 Å². The zero-order valence-corrected chi connectivity index (χ0v) is 14.8. The van der Waals surface area contributed by atoms with Crippen molar-refractivity contribution in [2.45, 2.75) is 39.0 Å². The van der Waals surface area contributed by atoms with Gasteiger partial charge in [-0.1, -0.05) is 6.92 Å². The summed E-state index contributed by atoms with van der Waals surface area (Å²) in [7, 11) is 0. The van der Waals surface area contributed by atoms with Crippen molar-refractivity contribution >= 4 is 41.0 Å². The third-order valence-electron chi connectivity index (χ3n) is 4.00. The quantitative estimate of drug-likeness (QED) is 0.366. The summed E-state index contributed by atoms with van der Waals surface area (Å²) in [6.07, 6.45) is 1.98. The summed E-state index contributed by atoms with van der Waals surface area (Å²) in [5.41, 5.74) is 3.32. The number of nitrogens with two attached hydrogens (primary N) is 1. The fourth-order valence-electron chi connectivity index (χ4n) is 2.72. The van der Waals surface area contributed by atoms with Crippen LogP contribution in [0.5, 0.6) is 0 Å². The van der Waals surface area contributed by atoms with Crippen molar-refractivity contribution in [1.82, 2.24) is 0 Å². The topological polar surface area (TPSA) is 121 Å². The fraction of sp³-hybridized carbons (Fsp3) is 0.688. The van der Waals surface area contributed by atoms with Crippen LogP contribution in [0, 0.1) is 11.3 Å². The predicted octanol–water partition coefficient (Wildman–Crippen LogP) is 0.672. The van der Waals surface area contributed by atoms with Crippen molar-refractivity contribution in [3.8, 4) is 0 Å². The third-order valence-corrected chi connectivity index (χ3v) is 4.70. The molecule has 1 fully saturated rings. The van der Waals surface area contributed by atoms with Crippen LogP contribution in [0.25, 0.3) is 0 Å². The molecule has 0 bridgehead atoms. The minimum absolute atomic E-state index is 0.0786. The minimum atomic E-state index is -1.99. The van der Waals surface area contributed by atoms with Crippen molar-refractivity contribution in [2.24, 2.45) is 17.1 Å². The lowest BCUT2D eigenvalue weighted by Crippen LogP contribution is -2.54. The Balaban J connectivity index is 2.92. The van der Waals surface area contributed by atoms with E-state index in [0.717, 1.165) is 5.75 Å². The van der Waals surface area contributed by atoms with E-state index < -0.39 is 53.4 Å². The summed E-state index contributed by atoms with van der Waals surface area (Å²) in [6, 6.07) is 0. The molecule has 8 heteroatoms. The Hall–Kier alpha value is -1.70. The lowest BCUT2D eigenvalue weighted by molar-refractivity contribution is -0.169. The summed E-state index contributed by atoms with van der Waals surface area (Å²) in [5.74, 6) is -4.59. The largest absolute Gasteiger partial charge is 0.465 e. The predicted molar refractivity (Wildman–Crippen MR) is 88.2 cm³/mol. The number of carbonyl (C=O) groups is 5. The van der Waals surface area contributed by atoms with Gasteiger partial charge in [-0.2, -0.15) is 11.8 Å². The summed E-state index contributed by atoms with van der Waals surface area (Å²) < 4.78 is 5.05. The van der Waals surface area contributed by atoms with Crippen LogP contribution >= 0.6 is 11.8 Å². The van der Waals surface area contributed by atoms with Crippen molar-refractivity contribution in [3.63, 3.8) is 0 Å². The molecule has 0 spiro atoms. The van der Waals surface area contributed by atoms with E-state index in [-0.39, 0.29) is 13.0 Å². The number of rotatable bonds is 9. The number of hydrogen-bond donors (Lipinski definition) is 1. The highest BCUT2D eigenvalue weighted by Crippen LogP contribution is 2.37. The molecule has 0 atom stereocenters. The van der Waals surface area contributed by atoms with Crippen molar-refractivity contribution in [1.29, 1.82) is 0 Å². The molecule has 7 nitrogen and oxygen atoms in total. The van der Waals surface area contributed by atoms with Gasteiger partial charge in [-0.25, -0.2) is 0 Å². The van der Waals surface area contributed by atoms with Gasteiger partial charge in [-0.05, 0) is 24.9 Å². The molecular weight excluding hydrogens is 334 g/mol. The molecule has 0 aliphatic heterocycles. The van der Waals surface area contributed by atoms with Crippen LogP contribution in [0.15, 0.2) is 0 Å². The number of ether oxygens (including phenoxy) is 1. The zero-order chi connectivity index (χ0) is 18.3. The number of carbonyl (C=O) groups excluding carboxylic acids is 5. The molecule has 0 heterocycles. The van der Waals surface area contributed by atoms with Crippen LogP contribution in [0.3, 0.4) is 0 Å². The molecule has 24 heavy (non-hydrogen) atoms. The second-order valence-corrected chi connectivity index (χ2v) is 6.85. The molecule has 134 valence electrons. The Morgan fingerprint density at radius 1 is 1.25 bits per heavy atom. The van der Waals surface area contributed by atoms with Crippen LogP contribution in [-0.4, -0.2) is 47.8 Å². The Morgan fingerprint density at radius 2 is 1.83 bits per heavy atom. The molecule has 1 aliphatic rings. The number of primary amides is 1. The van der Waals surface area contributed by atoms with E-state index in [2.05, 4.69) is 0 Å². The minimum Gasteiger partial charge on any atom is -0.465 e. The molecular formula is C16H23NO6S. The van der Waals surface area contributed by atoms with Crippen LogP contribution in [0.1, 0.15) is 39.0 Å². The Kier molecular flexibility index (Phi) is 7.59. The van der Waals surface area contributed by atoms with Crippen molar-refractivity contribution < 1.29 is 28.7 Å². The lowest BCUT2D eigenvalue weighted by Gasteiger charge is -2.33. The highest BCUT2D eigenvalue weighted by atomic mass is 32.2. The number of hydrogen-bond acceptors (Lipinski definition) is 7. The average molecular weight is 357 g/mol. The molecule has 0 unspecified atom stereocenters. The lowest BCUT2D eigenvalue weighted by atomic mass is 9.67. The van der Waals surface area contributed by atoms with Crippen LogP contribution in [0.4, 0.5) is 0 Å². The molecule has 2 N–H and O–H groups in total. The molecule has 1 rings (SSSR count). The standard InChI is InChI=1S/C16H23NO6S/c1-3-5-10(18)13-11(19)8-16(14(17)21,9-12(13)20)15(22)23-6-4-7-24-2/h13H,3-9H2,1-2H3,(H2,17,21). The maximum absolute atomic E-state index is 12.3. The first-order valence-corrected chi connectivity index (χ1v) is 9.23. The van der Waals surface area contributed by atoms with Crippen LogP contribution in [0.2, 0.25) is 0 Å². The summed E-state index contributed by atoms with van der Waals surface area (Å²) in [6.45, 7) is 1.84. The van der Waals surface area contributed by atoms with E-state index >= 15 is 0 Å². The van der Waals surface area contributed by atoms with Gasteiger partial charge in [-0.15, -0.1) is 0 Å². The number of esters is 1. The van der Waals surface area contributed by atoms with Gasteiger partial charge in [-0.3, -0.25) is 24.0 Å². The maximum Gasteiger partial charge on any atom is 0.322 e. The summed E-state index contributed by atoms with van der Waals surface area (Å²) in [5, 5.41) is 0. The normalized spacial score (nSPS) is 23.8. The number of amides is 1. The Morgan fingerprint density at radius 3 is 2.29 bits per heavy atom. The van der Waals surface area contributed by atoms with Crippen molar-refractivity contribution in [3.05, 3.63) is 0 Å². The molecule has 0 aromatic rings. The molecule has 0 radical (unpaired) electrons. The number of Topliss-reactive ketones (excluding diaryl/α,β-unsaturated/α-hetero) is 3. The van der Waals surface area contributed by atoms with Gasteiger partial charge in [0.2, 0.25) is 5.91 Å². The second kappa shape index (κ2) is 8.96. The monoisotopic (exact) mass is 357 g/mol. The average Bonchev–Trinajstić information content (AvgIpc) is 2.50. The van der Waals surface area contributed by atoms with E-state index in [0.29, 0.717) is 12.8 Å². The molecule has 0 saturated heterocycles. The van der Waals surface area contributed by atoms with E-state index in [4.69, 9.17) is 10.5 Å². The highest BCUT2D eigenvalue weighted by molar-refractivity contribution is 7.98. The van der Waals surface area contributed by atoms with Gasteiger partial charge in [0.25, 0.3) is 0 Å². The maximum atomic E-state index is 12.3. The Labute approximate surface area is 145 Å². The molecule has 0 aromatic carbocycles. The summed E-state index contributed by atoms with van der Waals surface area (Å²) >= 11 is 1.57. The SMILES string of the molecule is CCCC(=O)C1C(=O)CC(C(N)=O)(C(=O)OCCCSC)CC1=O. The molecule has 1 aliphatic carbocycles. The second-order valence-electron chi connectivity index (χ2n) is 5.86. The first-order valence-electron chi connectivity index (χ1n) is 7.84. The molecule has 1 saturated carbocycles. The molecule has 1 amide bonds. The number of ketones is 3. The molecule has 0 aromatic heterocycles. The van der Waals surface area contributed by atoms with Gasteiger partial charge in [0.1, 0.15) is 5.92 Å². The van der Waals surface area contributed by atoms with Gasteiger partial charge >= 0.3 is 5.97 Å². The van der Waals surface area contributed by atoms with E-state index in [1.54, 1.807) is 18.7 Å². The first kappa shape index (κ1) is 20.3. The van der Waals surface area contributed by atoms with Gasteiger partial charge in [0, 0.05) is 19.3 Å². The Bertz CT molecular complexity index is 527. The smallest absolute Gasteiger partial charge is 0.322 e. The third kappa shape index (κ3) is 4.43. The highest BCUT2D eigenvalue weighted by Gasteiger charge is 2.56. The van der Waals surface area contributed by atoms with Gasteiger partial charge in [0.15, 0.2) is 22.8 Å². The van der Waals surface area contributed by atoms with E-state index in [1.165, 1.54) is 0 Å². The zero-order valence-electron chi connectivity index (χ0n) is 14.0. The van der Waals surface area contributed by atoms with Gasteiger partial charge in [0.05, 0.1) is 6.61 Å². The fourth-order valence-corrected chi connectivity index (χ4v) is 3.12. The van der Waals surface area contributed by atoms with E-state index in [1.807, 2.05) is 6.26 Å². The van der Waals surface area contributed by atoms with Crippen LogP contribution in [-0.2, 0) is 28.7 Å². The number of thioether (sulfide) groups is 1. The summed E-state index contributed by atoms with van der Waals surface area (Å²) in [4.78, 5) is 60.6. The van der Waals surface area contributed by atoms with Gasteiger partial charge < -0.3 is 10.5 Å². The van der Waals surface area contributed by atoms with E-state index in [9.17, 15) is 24.0 Å².